The Balaban J connectivity index is 0.000000366. The van der Waals surface area contributed by atoms with Crippen LogP contribution in [0.1, 0.15) is 0 Å². The van der Waals surface area contributed by atoms with Crippen LogP contribution < -0.4 is 5.32 Å². The summed E-state index contributed by atoms with van der Waals surface area (Å²) < 4.78 is 0. The maximum absolute atomic E-state index is 10.1. The molecule has 1 aromatic heterocycles. The van der Waals surface area contributed by atoms with Crippen LogP contribution in [0.25, 0.3) is 0 Å². The van der Waals surface area contributed by atoms with E-state index in [0.29, 0.717) is 12.4 Å². The zero-order valence-electron chi connectivity index (χ0n) is 10.1. The van der Waals surface area contributed by atoms with Gasteiger partial charge in [0.15, 0.2) is 0 Å². The largest absolute Gasteiger partial charge is 0.373 e. The highest BCUT2D eigenvalue weighted by atomic mass is 16.6. The lowest BCUT2D eigenvalue weighted by atomic mass is 10.4. The minimum Gasteiger partial charge on any atom is -0.373 e. The number of likely N-dealkylation sites (N-methyl/N-ethyl adjacent to an activating group) is 1. The van der Waals surface area contributed by atoms with Crippen molar-refractivity contribution in [2.75, 3.05) is 33.0 Å². The Morgan fingerprint density at radius 2 is 2.18 bits per heavy atom. The predicted octanol–water partition coefficient (Wildman–Crippen LogP) is 0.778. The minimum atomic E-state index is -0.480. The molecule has 0 atom stereocenters. The third-order valence-electron chi connectivity index (χ3n) is 1.65. The number of nitrogens with one attached hydrogen (secondary N) is 1. The second-order valence-electron chi connectivity index (χ2n) is 3.34. The summed E-state index contributed by atoms with van der Waals surface area (Å²) >= 11 is 0. The Bertz CT molecular complexity index is 351. The van der Waals surface area contributed by atoms with Crippen LogP contribution in [0.5, 0.6) is 0 Å². The highest BCUT2D eigenvalue weighted by molar-refractivity contribution is 5.51. The predicted molar refractivity (Wildman–Crippen MR) is 65.1 cm³/mol. The van der Waals surface area contributed by atoms with Gasteiger partial charge in [0, 0.05) is 13.1 Å². The molecule has 0 saturated heterocycles. The molecule has 1 rings (SSSR count). The van der Waals surface area contributed by atoms with E-state index < -0.39 is 4.92 Å². The quantitative estimate of drug-likeness (QED) is 0.475. The second-order valence-corrected chi connectivity index (χ2v) is 3.34. The third kappa shape index (κ3) is 6.96. The summed E-state index contributed by atoms with van der Waals surface area (Å²) in [5.74, 6) is 0.621. The number of aromatic nitrogens is 1. The van der Waals surface area contributed by atoms with Crippen LogP contribution in [0, 0.1) is 10.1 Å². The van der Waals surface area contributed by atoms with Crippen LogP contribution in [-0.4, -0.2) is 48.8 Å². The van der Waals surface area contributed by atoms with E-state index >= 15 is 0 Å². The van der Waals surface area contributed by atoms with E-state index in [2.05, 4.69) is 10.3 Å². The number of rotatable bonds is 4. The van der Waals surface area contributed by atoms with Gasteiger partial charge in [-0.3, -0.25) is 10.1 Å². The van der Waals surface area contributed by atoms with Crippen LogP contribution in [0.15, 0.2) is 18.3 Å². The van der Waals surface area contributed by atoms with Gasteiger partial charge < -0.3 is 15.0 Å². The molecule has 0 saturated carbocycles. The third-order valence-corrected chi connectivity index (χ3v) is 1.65. The van der Waals surface area contributed by atoms with Crippen LogP contribution >= 0.6 is 0 Å². The van der Waals surface area contributed by atoms with Gasteiger partial charge in [-0.2, -0.15) is 0 Å². The van der Waals surface area contributed by atoms with Crippen molar-refractivity contribution in [3.8, 4) is 0 Å². The number of pyridine rings is 1. The molecule has 7 nitrogen and oxygen atoms in total. The van der Waals surface area contributed by atoms with Gasteiger partial charge in [-0.1, -0.05) is 0 Å². The maximum Gasteiger partial charge on any atom is 0.287 e. The SMILES string of the molecule is CN(C)CC=O.CNc1ccc([N+](=O)[O-])cn1. The molecule has 1 N–H and O–H groups in total. The number of anilines is 1. The van der Waals surface area contributed by atoms with Gasteiger partial charge in [-0.25, -0.2) is 4.98 Å². The van der Waals surface area contributed by atoms with Crippen molar-refractivity contribution >= 4 is 17.8 Å². The molecule has 0 aliphatic carbocycles. The molecule has 1 heterocycles. The van der Waals surface area contributed by atoms with Crippen molar-refractivity contribution in [1.29, 1.82) is 0 Å². The van der Waals surface area contributed by atoms with Crippen LogP contribution in [-0.2, 0) is 4.79 Å². The Kier molecular flexibility index (Phi) is 7.20. The summed E-state index contributed by atoms with van der Waals surface area (Å²) in [6.45, 7) is 0.528. The van der Waals surface area contributed by atoms with E-state index in [1.807, 2.05) is 19.0 Å². The first-order valence-electron chi connectivity index (χ1n) is 4.87. The Labute approximate surface area is 99.6 Å². The monoisotopic (exact) mass is 240 g/mol. The Morgan fingerprint density at radius 3 is 2.41 bits per heavy atom. The normalized spacial score (nSPS) is 9.18. The van der Waals surface area contributed by atoms with Crippen molar-refractivity contribution in [1.82, 2.24) is 9.88 Å². The molecule has 0 aliphatic rings. The molecular weight excluding hydrogens is 224 g/mol. The molecule has 0 fully saturated rings. The van der Waals surface area contributed by atoms with Crippen LogP contribution in [0.2, 0.25) is 0 Å². The lowest BCUT2D eigenvalue weighted by Gasteiger charge is -1.99. The second kappa shape index (κ2) is 8.17. The lowest BCUT2D eigenvalue weighted by molar-refractivity contribution is -0.385. The van der Waals surface area contributed by atoms with E-state index in [1.54, 1.807) is 13.1 Å². The van der Waals surface area contributed by atoms with Gasteiger partial charge >= 0.3 is 0 Å². The average Bonchev–Trinajstić information content (AvgIpc) is 2.29. The average molecular weight is 240 g/mol. The summed E-state index contributed by atoms with van der Waals surface area (Å²) in [5.41, 5.74) is 0.00370. The van der Waals surface area contributed by atoms with E-state index in [-0.39, 0.29) is 5.69 Å². The van der Waals surface area contributed by atoms with E-state index in [1.165, 1.54) is 12.3 Å². The summed E-state index contributed by atoms with van der Waals surface area (Å²) in [5, 5.41) is 12.9. The topological polar surface area (TPSA) is 88.4 Å². The number of hydrogen-bond donors (Lipinski definition) is 1. The van der Waals surface area contributed by atoms with Gasteiger partial charge in [-0.05, 0) is 20.2 Å². The van der Waals surface area contributed by atoms with Crippen molar-refractivity contribution in [3.05, 3.63) is 28.4 Å². The highest BCUT2D eigenvalue weighted by Gasteiger charge is 2.03. The smallest absolute Gasteiger partial charge is 0.287 e. The first-order chi connectivity index (χ1) is 8.01. The number of aldehydes is 1. The molecule has 0 aliphatic heterocycles. The first kappa shape index (κ1) is 15.0. The number of carbonyl (C=O) groups excluding carboxylic acids is 1. The zero-order valence-corrected chi connectivity index (χ0v) is 10.1. The van der Waals surface area contributed by atoms with Crippen LogP contribution in [0.3, 0.4) is 0 Å². The summed E-state index contributed by atoms with van der Waals surface area (Å²) in [4.78, 5) is 24.8. The minimum absolute atomic E-state index is 0.00370. The van der Waals surface area contributed by atoms with Crippen LogP contribution in [0.4, 0.5) is 11.5 Å². The van der Waals surface area contributed by atoms with Gasteiger partial charge in [0.05, 0.1) is 11.5 Å². The van der Waals surface area contributed by atoms with Crippen molar-refractivity contribution in [2.45, 2.75) is 0 Å². The molecule has 17 heavy (non-hydrogen) atoms. The van der Waals surface area contributed by atoms with Gasteiger partial charge in [0.2, 0.25) is 0 Å². The molecule has 0 unspecified atom stereocenters. The molecule has 94 valence electrons. The zero-order chi connectivity index (χ0) is 13.3. The molecule has 0 bridgehead atoms. The molecule has 0 spiro atoms. The fourth-order valence-electron chi connectivity index (χ4n) is 0.791. The summed E-state index contributed by atoms with van der Waals surface area (Å²) in [6, 6.07) is 2.96. The van der Waals surface area contributed by atoms with E-state index in [9.17, 15) is 14.9 Å². The van der Waals surface area contributed by atoms with E-state index in [0.717, 1.165) is 6.29 Å². The molecule has 0 radical (unpaired) electrons. The molecular formula is C10H16N4O3. The van der Waals surface area contributed by atoms with E-state index in [4.69, 9.17) is 0 Å². The lowest BCUT2D eigenvalue weighted by Crippen LogP contribution is -2.13. The van der Waals surface area contributed by atoms with Gasteiger partial charge in [0.25, 0.3) is 5.69 Å². The number of carbonyl (C=O) groups is 1. The number of hydrogen-bond acceptors (Lipinski definition) is 6. The molecule has 0 amide bonds. The summed E-state index contributed by atoms with van der Waals surface area (Å²) in [7, 11) is 5.41. The maximum atomic E-state index is 10.1. The number of nitro groups is 1. The fourth-order valence-corrected chi connectivity index (χ4v) is 0.791. The standard InChI is InChI=1S/C6H7N3O2.C4H9NO/c1-7-6-3-2-5(4-8-6)9(10)11;1-5(2)3-4-6/h2-4H,1H3,(H,7,8);4H,3H2,1-2H3. The molecule has 0 aromatic carbocycles. The molecule has 7 heteroatoms. The van der Waals surface area contributed by atoms with Crippen molar-refractivity contribution in [2.24, 2.45) is 0 Å². The fraction of sp³-hybridized carbons (Fsp3) is 0.400. The molecule has 1 aromatic rings. The van der Waals surface area contributed by atoms with Crippen molar-refractivity contribution < 1.29 is 9.72 Å². The first-order valence-corrected chi connectivity index (χ1v) is 4.87. The Hall–Kier alpha value is -2.02. The highest BCUT2D eigenvalue weighted by Crippen LogP contribution is 2.10. The van der Waals surface area contributed by atoms with Gasteiger partial charge in [0.1, 0.15) is 18.3 Å². The Morgan fingerprint density at radius 1 is 1.53 bits per heavy atom. The number of nitrogens with zero attached hydrogens (tertiary/aromatic N) is 3. The van der Waals surface area contributed by atoms with Gasteiger partial charge in [-0.15, -0.1) is 0 Å². The summed E-state index contributed by atoms with van der Waals surface area (Å²) in [6.07, 6.45) is 2.09. The van der Waals surface area contributed by atoms with Crippen molar-refractivity contribution in [3.63, 3.8) is 0 Å².